The normalized spacial score (nSPS) is 16.0. The van der Waals surface area contributed by atoms with Crippen molar-refractivity contribution in [3.05, 3.63) is 36.0 Å². The number of hydrogen-bond donors (Lipinski definition) is 2. The Hall–Kier alpha value is -2.61. The minimum Gasteiger partial charge on any atom is -0.481 e. The number of aromatic nitrogens is 1. The van der Waals surface area contributed by atoms with Crippen LogP contribution in [0.5, 0.6) is 0 Å². The summed E-state index contributed by atoms with van der Waals surface area (Å²) in [5.74, 6) is -0.766. The summed E-state index contributed by atoms with van der Waals surface area (Å²) in [6.45, 7) is 0.338. The van der Waals surface area contributed by atoms with Crippen LogP contribution in [0.25, 0.3) is 10.9 Å². The average Bonchev–Trinajstić information content (AvgIpc) is 2.45. The Bertz CT molecular complexity index is 745. The molecule has 1 saturated carbocycles. The van der Waals surface area contributed by atoms with Gasteiger partial charge in [0, 0.05) is 18.1 Å². The van der Waals surface area contributed by atoms with Gasteiger partial charge >= 0.3 is 5.97 Å². The van der Waals surface area contributed by atoms with Crippen molar-refractivity contribution in [1.82, 2.24) is 4.98 Å². The maximum absolute atomic E-state index is 11.4. The van der Waals surface area contributed by atoms with Crippen LogP contribution < -0.4 is 5.32 Å². The molecule has 0 bridgehead atoms. The molecule has 106 valence electrons. The molecule has 2 N–H and O–H groups in total. The van der Waals surface area contributed by atoms with E-state index in [1.165, 1.54) is 6.20 Å². The largest absolute Gasteiger partial charge is 0.481 e. The van der Waals surface area contributed by atoms with E-state index in [0.717, 1.165) is 17.3 Å². The number of benzene rings is 1. The SMILES string of the molecule is N#Cc1cnc2ccccc2c1NCC1(C(=O)O)CCC1. The van der Waals surface area contributed by atoms with Crippen molar-refractivity contribution in [2.75, 3.05) is 11.9 Å². The van der Waals surface area contributed by atoms with E-state index in [0.29, 0.717) is 30.6 Å². The number of pyridine rings is 1. The van der Waals surface area contributed by atoms with E-state index in [-0.39, 0.29) is 0 Å². The second-order valence-electron chi connectivity index (χ2n) is 5.47. The van der Waals surface area contributed by atoms with Crippen LogP contribution in [0.3, 0.4) is 0 Å². The molecular formula is C16H15N3O2. The van der Waals surface area contributed by atoms with Crippen molar-refractivity contribution in [1.29, 1.82) is 5.26 Å². The molecule has 1 aromatic heterocycles. The maximum Gasteiger partial charge on any atom is 0.311 e. The molecule has 21 heavy (non-hydrogen) atoms. The van der Waals surface area contributed by atoms with Crippen molar-refractivity contribution >= 4 is 22.6 Å². The Morgan fingerprint density at radius 2 is 2.19 bits per heavy atom. The van der Waals surface area contributed by atoms with Gasteiger partial charge in [0.2, 0.25) is 0 Å². The van der Waals surface area contributed by atoms with Gasteiger partial charge in [-0.05, 0) is 18.9 Å². The van der Waals surface area contributed by atoms with Gasteiger partial charge in [-0.2, -0.15) is 5.26 Å². The summed E-state index contributed by atoms with van der Waals surface area (Å²) >= 11 is 0. The van der Waals surface area contributed by atoms with Gasteiger partial charge in [-0.25, -0.2) is 0 Å². The number of carbonyl (C=O) groups is 1. The fraction of sp³-hybridized carbons (Fsp3) is 0.312. The molecule has 5 nitrogen and oxygen atoms in total. The van der Waals surface area contributed by atoms with Gasteiger partial charge in [0.1, 0.15) is 6.07 Å². The number of rotatable bonds is 4. The van der Waals surface area contributed by atoms with E-state index < -0.39 is 11.4 Å². The summed E-state index contributed by atoms with van der Waals surface area (Å²) in [6, 6.07) is 9.64. The fourth-order valence-electron chi connectivity index (χ4n) is 2.74. The highest BCUT2D eigenvalue weighted by molar-refractivity contribution is 5.94. The van der Waals surface area contributed by atoms with E-state index in [9.17, 15) is 15.2 Å². The lowest BCUT2D eigenvalue weighted by molar-refractivity contribution is -0.153. The highest BCUT2D eigenvalue weighted by Crippen LogP contribution is 2.41. The number of anilines is 1. The van der Waals surface area contributed by atoms with Gasteiger partial charge in [-0.15, -0.1) is 0 Å². The first kappa shape index (κ1) is 13.4. The van der Waals surface area contributed by atoms with E-state index in [2.05, 4.69) is 16.4 Å². The van der Waals surface area contributed by atoms with Crippen LogP contribution in [0, 0.1) is 16.7 Å². The number of carboxylic acid groups (broad SMARTS) is 1. The third-order valence-corrected chi connectivity index (χ3v) is 4.26. The molecule has 1 aromatic carbocycles. The van der Waals surface area contributed by atoms with Crippen LogP contribution in [-0.2, 0) is 4.79 Å². The molecule has 0 atom stereocenters. The Morgan fingerprint density at radius 3 is 2.81 bits per heavy atom. The van der Waals surface area contributed by atoms with Gasteiger partial charge in [0.05, 0.1) is 22.2 Å². The zero-order chi connectivity index (χ0) is 14.9. The topological polar surface area (TPSA) is 86.0 Å². The smallest absolute Gasteiger partial charge is 0.311 e. The van der Waals surface area contributed by atoms with Crippen LogP contribution in [-0.4, -0.2) is 22.6 Å². The van der Waals surface area contributed by atoms with Crippen LogP contribution in [0.2, 0.25) is 0 Å². The maximum atomic E-state index is 11.4. The minimum atomic E-state index is -0.766. The lowest BCUT2D eigenvalue weighted by atomic mass is 9.68. The molecule has 1 heterocycles. The molecule has 0 unspecified atom stereocenters. The second-order valence-corrected chi connectivity index (χ2v) is 5.47. The molecule has 0 saturated heterocycles. The Kier molecular flexibility index (Phi) is 3.22. The number of nitrogens with one attached hydrogen (secondary N) is 1. The molecule has 1 aliphatic carbocycles. The molecular weight excluding hydrogens is 266 g/mol. The molecule has 0 amide bonds. The van der Waals surface area contributed by atoms with Crippen LogP contribution >= 0.6 is 0 Å². The van der Waals surface area contributed by atoms with Crippen LogP contribution in [0.15, 0.2) is 30.5 Å². The number of fused-ring (bicyclic) bond motifs is 1. The van der Waals surface area contributed by atoms with E-state index in [4.69, 9.17) is 0 Å². The van der Waals surface area contributed by atoms with Crippen LogP contribution in [0.4, 0.5) is 5.69 Å². The van der Waals surface area contributed by atoms with Gasteiger partial charge in [-0.3, -0.25) is 9.78 Å². The van der Waals surface area contributed by atoms with Crippen molar-refractivity contribution in [2.24, 2.45) is 5.41 Å². The molecule has 5 heteroatoms. The molecule has 1 aliphatic rings. The van der Waals surface area contributed by atoms with Crippen molar-refractivity contribution < 1.29 is 9.90 Å². The first-order chi connectivity index (χ1) is 10.2. The molecule has 1 fully saturated rings. The predicted molar refractivity (Wildman–Crippen MR) is 78.9 cm³/mol. The van der Waals surface area contributed by atoms with Gasteiger partial charge in [0.15, 0.2) is 0 Å². The number of nitrogens with zero attached hydrogens (tertiary/aromatic N) is 2. The molecule has 0 spiro atoms. The number of carboxylic acids is 1. The zero-order valence-corrected chi connectivity index (χ0v) is 11.5. The summed E-state index contributed by atoms with van der Waals surface area (Å²) < 4.78 is 0. The molecule has 0 radical (unpaired) electrons. The van der Waals surface area contributed by atoms with Gasteiger partial charge in [0.25, 0.3) is 0 Å². The monoisotopic (exact) mass is 281 g/mol. The van der Waals surface area contributed by atoms with Crippen LogP contribution in [0.1, 0.15) is 24.8 Å². The average molecular weight is 281 g/mol. The molecule has 2 aromatic rings. The van der Waals surface area contributed by atoms with E-state index in [1.54, 1.807) is 0 Å². The van der Waals surface area contributed by atoms with Crippen molar-refractivity contribution in [3.63, 3.8) is 0 Å². The standard InChI is InChI=1S/C16H15N3O2/c17-8-11-9-18-13-5-2-1-4-12(13)14(11)19-10-16(15(20)21)6-3-7-16/h1-2,4-5,9H,3,6-7,10H2,(H,18,19)(H,20,21). The van der Waals surface area contributed by atoms with Gasteiger partial charge in [-0.1, -0.05) is 24.6 Å². The highest BCUT2D eigenvalue weighted by atomic mass is 16.4. The number of aliphatic carboxylic acids is 1. The highest BCUT2D eigenvalue weighted by Gasteiger charge is 2.44. The molecule has 0 aliphatic heterocycles. The number of nitriles is 1. The van der Waals surface area contributed by atoms with Crippen molar-refractivity contribution in [3.8, 4) is 6.07 Å². The Morgan fingerprint density at radius 1 is 1.43 bits per heavy atom. The minimum absolute atomic E-state index is 0.338. The third kappa shape index (κ3) is 2.19. The molecule has 3 rings (SSSR count). The first-order valence-electron chi connectivity index (χ1n) is 6.91. The van der Waals surface area contributed by atoms with Crippen molar-refractivity contribution in [2.45, 2.75) is 19.3 Å². The zero-order valence-electron chi connectivity index (χ0n) is 11.5. The lowest BCUT2D eigenvalue weighted by Crippen LogP contribution is -2.43. The number of para-hydroxylation sites is 1. The summed E-state index contributed by atoms with van der Waals surface area (Å²) in [7, 11) is 0. The lowest BCUT2D eigenvalue weighted by Gasteiger charge is -2.38. The summed E-state index contributed by atoms with van der Waals surface area (Å²) in [4.78, 5) is 15.7. The third-order valence-electron chi connectivity index (χ3n) is 4.26. The Labute approximate surface area is 122 Å². The Balaban J connectivity index is 1.96. The quantitative estimate of drug-likeness (QED) is 0.900. The number of hydrogen-bond acceptors (Lipinski definition) is 4. The summed E-state index contributed by atoms with van der Waals surface area (Å²) in [5.41, 5.74) is 1.21. The predicted octanol–water partition coefficient (Wildman–Crippen LogP) is 2.77. The summed E-state index contributed by atoms with van der Waals surface area (Å²) in [6.07, 6.45) is 3.83. The summed E-state index contributed by atoms with van der Waals surface area (Å²) in [5, 5.41) is 22.7. The van der Waals surface area contributed by atoms with Gasteiger partial charge < -0.3 is 10.4 Å². The first-order valence-corrected chi connectivity index (χ1v) is 6.91. The van der Waals surface area contributed by atoms with E-state index >= 15 is 0 Å². The fourth-order valence-corrected chi connectivity index (χ4v) is 2.74. The second kappa shape index (κ2) is 5.06. The van der Waals surface area contributed by atoms with E-state index in [1.807, 2.05) is 24.3 Å².